The number of hydrogen-bond donors (Lipinski definition) is 2. The summed E-state index contributed by atoms with van der Waals surface area (Å²) in [4.78, 5) is 24.8. The largest absolute Gasteiger partial charge is 0.508 e. The number of Topliss-reactive ketones (excluding diaryl/α,β-unsaturated/α-hetero) is 1. The van der Waals surface area contributed by atoms with Crippen molar-refractivity contribution in [3.05, 3.63) is 27.4 Å². The summed E-state index contributed by atoms with van der Waals surface area (Å²) < 4.78 is 0.531. The highest BCUT2D eigenvalue weighted by atomic mass is 35.5. The number of fused-ring (bicyclic) bond motifs is 1. The molecule has 0 aliphatic carbocycles. The molecule has 15 heavy (non-hydrogen) atoms. The molecule has 0 aliphatic heterocycles. The molecule has 0 bridgehead atoms. The van der Waals surface area contributed by atoms with Gasteiger partial charge >= 0.3 is 4.87 Å². The summed E-state index contributed by atoms with van der Waals surface area (Å²) in [5, 5.41) is 9.35. The first-order chi connectivity index (χ1) is 7.11. The molecule has 1 aromatic heterocycles. The van der Waals surface area contributed by atoms with Crippen LogP contribution in [0, 0.1) is 0 Å². The van der Waals surface area contributed by atoms with Crippen LogP contribution in [0.1, 0.15) is 10.4 Å². The minimum atomic E-state index is -0.312. The fraction of sp³-hybridized carbons (Fsp3) is 0.111. The molecule has 0 radical (unpaired) electrons. The maximum atomic E-state index is 11.4. The number of alkyl halides is 1. The lowest BCUT2D eigenvalue weighted by Crippen LogP contribution is -1.99. The van der Waals surface area contributed by atoms with Gasteiger partial charge in [-0.3, -0.25) is 9.59 Å². The molecule has 2 rings (SSSR count). The zero-order chi connectivity index (χ0) is 11.0. The van der Waals surface area contributed by atoms with Gasteiger partial charge in [0.2, 0.25) is 0 Å². The van der Waals surface area contributed by atoms with Crippen molar-refractivity contribution in [3.63, 3.8) is 0 Å². The number of thiazole rings is 1. The second-order valence-corrected chi connectivity index (χ2v) is 4.19. The zero-order valence-corrected chi connectivity index (χ0v) is 8.98. The highest BCUT2D eigenvalue weighted by Gasteiger charge is 2.13. The van der Waals surface area contributed by atoms with E-state index >= 15 is 0 Å². The lowest BCUT2D eigenvalue weighted by molar-refractivity contribution is 0.102. The molecule has 0 unspecified atom stereocenters. The highest BCUT2D eigenvalue weighted by molar-refractivity contribution is 7.16. The minimum Gasteiger partial charge on any atom is -0.508 e. The molecule has 2 N–H and O–H groups in total. The number of rotatable bonds is 2. The topological polar surface area (TPSA) is 70.2 Å². The Morgan fingerprint density at radius 3 is 2.93 bits per heavy atom. The number of carbonyl (C=O) groups is 1. The molecule has 1 heterocycles. The fourth-order valence-electron chi connectivity index (χ4n) is 1.32. The monoisotopic (exact) mass is 243 g/mol. The quantitative estimate of drug-likeness (QED) is 0.623. The minimum absolute atomic E-state index is 0.0648. The van der Waals surface area contributed by atoms with E-state index in [0.29, 0.717) is 10.2 Å². The van der Waals surface area contributed by atoms with Gasteiger partial charge in [-0.15, -0.1) is 11.6 Å². The summed E-state index contributed by atoms with van der Waals surface area (Å²) in [6.45, 7) is 0. The first kappa shape index (κ1) is 10.2. The molecule has 0 fully saturated rings. The van der Waals surface area contributed by atoms with E-state index < -0.39 is 0 Å². The third-order valence-corrected chi connectivity index (χ3v) is 3.10. The van der Waals surface area contributed by atoms with Crippen molar-refractivity contribution in [1.29, 1.82) is 0 Å². The van der Waals surface area contributed by atoms with E-state index in [1.165, 1.54) is 12.1 Å². The molecular weight excluding hydrogens is 238 g/mol. The van der Waals surface area contributed by atoms with Crippen LogP contribution >= 0.6 is 22.9 Å². The molecular formula is C9H6ClNO3S. The molecule has 4 nitrogen and oxygen atoms in total. The van der Waals surface area contributed by atoms with Gasteiger partial charge in [-0.1, -0.05) is 11.3 Å². The SMILES string of the molecule is O=C(CCl)c1cc(O)cc2[nH]c(=O)sc12. The van der Waals surface area contributed by atoms with Crippen LogP contribution in [-0.2, 0) is 0 Å². The number of aromatic nitrogens is 1. The lowest BCUT2D eigenvalue weighted by Gasteiger charge is -1.99. The Kier molecular flexibility index (Phi) is 2.50. The molecule has 1 aromatic carbocycles. The van der Waals surface area contributed by atoms with Crippen LogP contribution in [0.25, 0.3) is 10.2 Å². The van der Waals surface area contributed by atoms with Gasteiger partial charge in [0.15, 0.2) is 5.78 Å². The number of carbonyl (C=O) groups excluding carboxylic acids is 1. The number of aromatic amines is 1. The second-order valence-electron chi connectivity index (χ2n) is 2.94. The van der Waals surface area contributed by atoms with Crippen molar-refractivity contribution in [2.75, 3.05) is 5.88 Å². The van der Waals surface area contributed by atoms with Crippen molar-refractivity contribution in [2.45, 2.75) is 0 Å². The Bertz CT molecular complexity index is 587. The van der Waals surface area contributed by atoms with E-state index in [4.69, 9.17) is 11.6 Å². The van der Waals surface area contributed by atoms with Crippen molar-refractivity contribution in [2.24, 2.45) is 0 Å². The van der Waals surface area contributed by atoms with Gasteiger partial charge < -0.3 is 10.1 Å². The van der Waals surface area contributed by atoms with E-state index in [2.05, 4.69) is 4.98 Å². The summed E-state index contributed by atoms with van der Waals surface area (Å²) in [5.41, 5.74) is 0.738. The Balaban J connectivity index is 2.81. The van der Waals surface area contributed by atoms with Gasteiger partial charge in [0, 0.05) is 11.6 Å². The second kappa shape index (κ2) is 3.67. The lowest BCUT2D eigenvalue weighted by atomic mass is 10.1. The Morgan fingerprint density at radius 1 is 1.53 bits per heavy atom. The molecule has 0 spiro atoms. The van der Waals surface area contributed by atoms with Gasteiger partial charge in [-0.2, -0.15) is 0 Å². The molecule has 2 aromatic rings. The van der Waals surface area contributed by atoms with E-state index in [-0.39, 0.29) is 27.8 Å². The maximum absolute atomic E-state index is 11.4. The summed E-state index contributed by atoms with van der Waals surface area (Å²) >= 11 is 6.36. The Hall–Kier alpha value is -1.33. The number of phenols is 1. The Labute approximate surface area is 93.1 Å². The number of nitrogens with one attached hydrogen (secondary N) is 1. The molecule has 6 heteroatoms. The van der Waals surface area contributed by atoms with Gasteiger partial charge in [-0.05, 0) is 6.07 Å². The van der Waals surface area contributed by atoms with Crippen molar-refractivity contribution in [1.82, 2.24) is 4.98 Å². The number of aromatic hydroxyl groups is 1. The molecule has 0 aliphatic rings. The van der Waals surface area contributed by atoms with Crippen molar-refractivity contribution < 1.29 is 9.90 Å². The van der Waals surface area contributed by atoms with Crippen LogP contribution in [-0.4, -0.2) is 21.8 Å². The van der Waals surface area contributed by atoms with Crippen LogP contribution in [0.15, 0.2) is 16.9 Å². The first-order valence-corrected chi connectivity index (χ1v) is 5.42. The standard InChI is InChI=1S/C9H6ClNO3S/c10-3-7(13)5-1-4(12)2-6-8(5)15-9(14)11-6/h1-2,12H,3H2,(H,11,14). The summed E-state index contributed by atoms with van der Waals surface area (Å²) in [5.74, 6) is -0.553. The molecule has 78 valence electrons. The molecule has 0 saturated carbocycles. The average Bonchev–Trinajstić information content (AvgIpc) is 2.55. The number of ketones is 1. The van der Waals surface area contributed by atoms with Gasteiger partial charge in [0.05, 0.1) is 16.1 Å². The number of halogens is 1. The Morgan fingerprint density at radius 2 is 2.27 bits per heavy atom. The average molecular weight is 244 g/mol. The van der Waals surface area contributed by atoms with Gasteiger partial charge in [0.1, 0.15) is 5.75 Å². The third kappa shape index (κ3) is 1.75. The molecule has 0 atom stereocenters. The van der Waals surface area contributed by atoms with E-state index in [0.717, 1.165) is 11.3 Å². The first-order valence-electron chi connectivity index (χ1n) is 4.07. The van der Waals surface area contributed by atoms with Gasteiger partial charge in [0.25, 0.3) is 0 Å². The van der Waals surface area contributed by atoms with Crippen LogP contribution in [0.4, 0.5) is 0 Å². The summed E-state index contributed by atoms with van der Waals surface area (Å²) in [6.07, 6.45) is 0. The number of benzene rings is 1. The third-order valence-electron chi connectivity index (χ3n) is 1.93. The van der Waals surface area contributed by atoms with Crippen LogP contribution in [0.3, 0.4) is 0 Å². The van der Waals surface area contributed by atoms with E-state index in [9.17, 15) is 14.7 Å². The summed E-state index contributed by atoms with van der Waals surface area (Å²) in [7, 11) is 0. The predicted molar refractivity (Wildman–Crippen MR) is 59.2 cm³/mol. The van der Waals surface area contributed by atoms with Crippen LogP contribution < -0.4 is 4.87 Å². The van der Waals surface area contributed by atoms with Crippen molar-refractivity contribution >= 4 is 38.9 Å². The number of H-pyrrole nitrogens is 1. The highest BCUT2D eigenvalue weighted by Crippen LogP contribution is 2.25. The zero-order valence-electron chi connectivity index (χ0n) is 7.41. The normalized spacial score (nSPS) is 10.7. The van der Waals surface area contributed by atoms with Crippen LogP contribution in [0.2, 0.25) is 0 Å². The molecule has 0 amide bonds. The maximum Gasteiger partial charge on any atom is 0.305 e. The van der Waals surface area contributed by atoms with E-state index in [1.54, 1.807) is 0 Å². The van der Waals surface area contributed by atoms with E-state index in [1.807, 2.05) is 0 Å². The van der Waals surface area contributed by atoms with Crippen LogP contribution in [0.5, 0.6) is 5.75 Å². The van der Waals surface area contributed by atoms with Crippen molar-refractivity contribution in [3.8, 4) is 5.75 Å². The predicted octanol–water partition coefficient (Wildman–Crippen LogP) is 1.72. The molecule has 0 saturated heterocycles. The number of phenolic OH excluding ortho intramolecular Hbond substituents is 1. The smallest absolute Gasteiger partial charge is 0.305 e. The van der Waals surface area contributed by atoms with Gasteiger partial charge in [-0.25, -0.2) is 0 Å². The summed E-state index contributed by atoms with van der Waals surface area (Å²) in [6, 6.07) is 2.72. The number of hydrogen-bond acceptors (Lipinski definition) is 4. The fourth-order valence-corrected chi connectivity index (χ4v) is 2.32.